The molecular weight excluding hydrogens is 400 g/mol. The van der Waals surface area contributed by atoms with Crippen LogP contribution in [0.15, 0.2) is 53.6 Å². The van der Waals surface area contributed by atoms with E-state index in [2.05, 4.69) is 26.1 Å². The second-order valence-electron chi connectivity index (χ2n) is 7.56. The van der Waals surface area contributed by atoms with Gasteiger partial charge in [0.1, 0.15) is 5.39 Å². The molecule has 4 aromatic rings. The number of hydrogen-bond donors (Lipinski definition) is 2. The molecule has 0 radical (unpaired) electrons. The molecule has 4 heterocycles. The zero-order valence-electron chi connectivity index (χ0n) is 16.3. The van der Waals surface area contributed by atoms with Gasteiger partial charge in [0.2, 0.25) is 0 Å². The van der Waals surface area contributed by atoms with Gasteiger partial charge in [0.15, 0.2) is 5.82 Å². The summed E-state index contributed by atoms with van der Waals surface area (Å²) in [6, 6.07) is 11.3. The number of halogens is 1. The second-order valence-corrected chi connectivity index (χ2v) is 7.97. The van der Waals surface area contributed by atoms with Gasteiger partial charge in [-0.3, -0.25) is 24.3 Å². The molecule has 3 N–H and O–H groups in total. The van der Waals surface area contributed by atoms with Crippen molar-refractivity contribution in [2.45, 2.75) is 19.4 Å². The number of nitrogens with zero attached hydrogens (tertiary/aromatic N) is 4. The lowest BCUT2D eigenvalue weighted by atomic mass is 10.1. The number of pyridine rings is 2. The molecule has 0 aliphatic carbocycles. The summed E-state index contributed by atoms with van der Waals surface area (Å²) < 4.78 is 1.51. The van der Waals surface area contributed by atoms with Gasteiger partial charge in [-0.25, -0.2) is 0 Å². The Balaban J connectivity index is 1.69. The third-order valence-electron chi connectivity index (χ3n) is 5.57. The SMILES string of the molecule is Nc1n[nH]c2c(-c3cc(CN4CCCC4)ccn3)cn(-c3ccccc3Cl)c(=O)c12. The summed E-state index contributed by atoms with van der Waals surface area (Å²) in [5.41, 5.74) is 9.59. The van der Waals surface area contributed by atoms with E-state index >= 15 is 0 Å². The molecule has 1 aliphatic heterocycles. The third kappa shape index (κ3) is 3.26. The standard InChI is InChI=1S/C22H21ClN6O/c23-16-5-1-2-6-18(16)29-13-15(20-19(22(29)30)21(24)27-26-20)17-11-14(7-8-25-17)12-28-9-3-4-10-28/h1-2,5-8,11,13H,3-4,9-10,12H2,(H3,24,26,27). The molecule has 0 atom stereocenters. The molecule has 0 amide bonds. The van der Waals surface area contributed by atoms with Gasteiger partial charge in [0, 0.05) is 24.5 Å². The maximum Gasteiger partial charge on any atom is 0.268 e. The number of nitrogens with one attached hydrogen (secondary N) is 1. The fourth-order valence-corrected chi connectivity index (χ4v) is 4.31. The van der Waals surface area contributed by atoms with Crippen LogP contribution in [0.25, 0.3) is 27.8 Å². The molecule has 0 saturated carbocycles. The van der Waals surface area contributed by atoms with E-state index in [1.165, 1.54) is 23.0 Å². The predicted octanol–water partition coefficient (Wildman–Crippen LogP) is 3.61. The van der Waals surface area contributed by atoms with Gasteiger partial charge in [-0.1, -0.05) is 23.7 Å². The highest BCUT2D eigenvalue weighted by Crippen LogP contribution is 2.29. The lowest BCUT2D eigenvalue weighted by molar-refractivity contribution is 0.331. The summed E-state index contributed by atoms with van der Waals surface area (Å²) >= 11 is 6.38. The molecule has 0 spiro atoms. The molecule has 3 aromatic heterocycles. The second kappa shape index (κ2) is 7.59. The zero-order valence-corrected chi connectivity index (χ0v) is 17.1. The van der Waals surface area contributed by atoms with Gasteiger partial charge in [-0.15, -0.1) is 0 Å². The Hall–Kier alpha value is -3.16. The van der Waals surface area contributed by atoms with E-state index < -0.39 is 0 Å². The first kappa shape index (κ1) is 18.8. The maximum atomic E-state index is 13.2. The van der Waals surface area contributed by atoms with Gasteiger partial charge in [0.25, 0.3) is 5.56 Å². The molecule has 5 rings (SSSR count). The molecule has 0 unspecified atom stereocenters. The molecule has 1 aliphatic rings. The number of nitrogens with two attached hydrogens (primary N) is 1. The smallest absolute Gasteiger partial charge is 0.268 e. The molecular formula is C22H21ClN6O. The average Bonchev–Trinajstić information content (AvgIpc) is 3.39. The van der Waals surface area contributed by atoms with Crippen LogP contribution >= 0.6 is 11.6 Å². The first-order valence-electron chi connectivity index (χ1n) is 9.93. The van der Waals surface area contributed by atoms with Crippen LogP contribution in [0.1, 0.15) is 18.4 Å². The Morgan fingerprint density at radius 1 is 1.17 bits per heavy atom. The van der Waals surface area contributed by atoms with Crippen LogP contribution in [0.2, 0.25) is 5.02 Å². The Kier molecular flexibility index (Phi) is 4.77. The maximum absolute atomic E-state index is 13.2. The minimum Gasteiger partial charge on any atom is -0.382 e. The van der Waals surface area contributed by atoms with Gasteiger partial charge in [-0.05, 0) is 55.8 Å². The number of hydrogen-bond acceptors (Lipinski definition) is 5. The van der Waals surface area contributed by atoms with Crippen LogP contribution in [-0.2, 0) is 6.54 Å². The lowest BCUT2D eigenvalue weighted by Gasteiger charge is -2.15. The van der Waals surface area contributed by atoms with Crippen molar-refractivity contribution < 1.29 is 0 Å². The number of rotatable bonds is 4. The summed E-state index contributed by atoms with van der Waals surface area (Å²) in [5.74, 6) is 0.158. The highest BCUT2D eigenvalue weighted by Gasteiger charge is 2.19. The molecule has 1 saturated heterocycles. The summed E-state index contributed by atoms with van der Waals surface area (Å²) in [6.07, 6.45) is 6.05. The number of nitrogen functional groups attached to an aromatic ring is 1. The monoisotopic (exact) mass is 420 g/mol. The first-order valence-corrected chi connectivity index (χ1v) is 10.3. The van der Waals surface area contributed by atoms with Gasteiger partial charge >= 0.3 is 0 Å². The van der Waals surface area contributed by atoms with E-state index in [1.54, 1.807) is 24.5 Å². The number of benzene rings is 1. The van der Waals surface area contributed by atoms with Crippen molar-refractivity contribution >= 4 is 28.3 Å². The van der Waals surface area contributed by atoms with Crippen LogP contribution in [0, 0.1) is 0 Å². The summed E-state index contributed by atoms with van der Waals surface area (Å²) in [5, 5.41) is 7.79. The van der Waals surface area contributed by atoms with Gasteiger partial charge < -0.3 is 5.73 Å². The van der Waals surface area contributed by atoms with Crippen molar-refractivity contribution in [1.29, 1.82) is 0 Å². The van der Waals surface area contributed by atoms with E-state index in [1.807, 2.05) is 18.2 Å². The predicted molar refractivity (Wildman–Crippen MR) is 119 cm³/mol. The Morgan fingerprint density at radius 3 is 2.77 bits per heavy atom. The van der Waals surface area contributed by atoms with Crippen molar-refractivity contribution in [3.8, 4) is 16.9 Å². The van der Waals surface area contributed by atoms with Crippen molar-refractivity contribution in [2.75, 3.05) is 18.8 Å². The molecule has 30 heavy (non-hydrogen) atoms. The number of anilines is 1. The average molecular weight is 421 g/mol. The highest BCUT2D eigenvalue weighted by atomic mass is 35.5. The highest BCUT2D eigenvalue weighted by molar-refractivity contribution is 6.32. The normalized spacial score (nSPS) is 14.6. The zero-order chi connectivity index (χ0) is 20.7. The van der Waals surface area contributed by atoms with E-state index in [9.17, 15) is 4.79 Å². The minimum absolute atomic E-state index is 0.158. The number of aromatic nitrogens is 4. The quantitative estimate of drug-likeness (QED) is 0.526. The summed E-state index contributed by atoms with van der Waals surface area (Å²) in [4.78, 5) is 20.2. The van der Waals surface area contributed by atoms with Crippen molar-refractivity contribution in [2.24, 2.45) is 0 Å². The van der Waals surface area contributed by atoms with Crippen LogP contribution < -0.4 is 11.3 Å². The summed E-state index contributed by atoms with van der Waals surface area (Å²) in [6.45, 7) is 3.13. The molecule has 1 fully saturated rings. The van der Waals surface area contributed by atoms with Crippen LogP contribution in [0.3, 0.4) is 0 Å². The third-order valence-corrected chi connectivity index (χ3v) is 5.89. The van der Waals surface area contributed by atoms with E-state index in [-0.39, 0.29) is 11.4 Å². The topological polar surface area (TPSA) is 92.8 Å². The van der Waals surface area contributed by atoms with Crippen molar-refractivity contribution in [1.82, 2.24) is 24.6 Å². The number of para-hydroxylation sites is 1. The van der Waals surface area contributed by atoms with E-state index in [4.69, 9.17) is 17.3 Å². The number of H-pyrrole nitrogens is 1. The van der Waals surface area contributed by atoms with Crippen molar-refractivity contribution in [3.05, 3.63) is 69.7 Å². The fraction of sp³-hybridized carbons (Fsp3) is 0.227. The van der Waals surface area contributed by atoms with Crippen LogP contribution in [0.4, 0.5) is 5.82 Å². The Labute approximate surface area is 178 Å². The fourth-order valence-electron chi connectivity index (χ4n) is 4.08. The van der Waals surface area contributed by atoms with Gasteiger partial charge in [-0.2, -0.15) is 5.10 Å². The Bertz CT molecular complexity index is 1290. The molecule has 0 bridgehead atoms. The number of aromatic amines is 1. The molecule has 1 aromatic carbocycles. The largest absolute Gasteiger partial charge is 0.382 e. The van der Waals surface area contributed by atoms with E-state index in [0.29, 0.717) is 21.6 Å². The number of likely N-dealkylation sites (tertiary alicyclic amines) is 1. The van der Waals surface area contributed by atoms with Crippen LogP contribution in [-0.4, -0.2) is 37.7 Å². The number of fused-ring (bicyclic) bond motifs is 1. The van der Waals surface area contributed by atoms with Gasteiger partial charge in [0.05, 0.1) is 21.9 Å². The molecule has 7 nitrogen and oxygen atoms in total. The molecule has 8 heteroatoms. The van der Waals surface area contributed by atoms with E-state index in [0.717, 1.165) is 30.9 Å². The molecule has 152 valence electrons. The minimum atomic E-state index is -0.277. The first-order chi connectivity index (χ1) is 14.6. The lowest BCUT2D eigenvalue weighted by Crippen LogP contribution is -2.19. The van der Waals surface area contributed by atoms with Crippen molar-refractivity contribution in [3.63, 3.8) is 0 Å². The summed E-state index contributed by atoms with van der Waals surface area (Å²) in [7, 11) is 0. The van der Waals surface area contributed by atoms with Crippen LogP contribution in [0.5, 0.6) is 0 Å². The Morgan fingerprint density at radius 2 is 1.97 bits per heavy atom.